The summed E-state index contributed by atoms with van der Waals surface area (Å²) in [4.78, 5) is 10.9. The van der Waals surface area contributed by atoms with Crippen LogP contribution < -0.4 is 9.47 Å². The largest absolute Gasteiger partial charge is 0.497 e. The first kappa shape index (κ1) is 17.4. The number of hydrogen-bond donors (Lipinski definition) is 1. The lowest BCUT2D eigenvalue weighted by Gasteiger charge is -2.11. The van der Waals surface area contributed by atoms with Crippen LogP contribution in [0.1, 0.15) is 30.4 Å². The fourth-order valence-corrected chi connectivity index (χ4v) is 2.33. The molecule has 1 N–H and O–H groups in total. The fraction of sp³-hybridized carbons (Fsp3) is 0.250. The van der Waals surface area contributed by atoms with Crippen molar-refractivity contribution >= 4 is 5.97 Å². The lowest BCUT2D eigenvalue weighted by atomic mass is 9.96. The molecule has 0 spiro atoms. The summed E-state index contributed by atoms with van der Waals surface area (Å²) in [6.07, 6.45) is -0.00907. The zero-order chi connectivity index (χ0) is 17.4. The van der Waals surface area contributed by atoms with Crippen LogP contribution in [0.4, 0.5) is 0 Å². The molecule has 0 heterocycles. The molecule has 0 unspecified atom stereocenters. The molecule has 0 fully saturated rings. The highest BCUT2D eigenvalue weighted by Crippen LogP contribution is 2.23. The van der Waals surface area contributed by atoms with Crippen molar-refractivity contribution in [2.45, 2.75) is 25.9 Å². The molecule has 0 aromatic heterocycles. The molecular formula is C20H20O4. The molecule has 4 nitrogen and oxygen atoms in total. The van der Waals surface area contributed by atoms with E-state index >= 15 is 0 Å². The van der Waals surface area contributed by atoms with E-state index in [2.05, 4.69) is 11.8 Å². The van der Waals surface area contributed by atoms with Crippen molar-refractivity contribution in [3.05, 3.63) is 59.7 Å². The number of carboxylic acid groups (broad SMARTS) is 1. The van der Waals surface area contributed by atoms with Crippen LogP contribution in [0.15, 0.2) is 48.5 Å². The Bertz CT molecular complexity index is 738. The van der Waals surface area contributed by atoms with E-state index in [1.807, 2.05) is 48.5 Å². The molecule has 0 radical (unpaired) electrons. The first-order valence-corrected chi connectivity index (χ1v) is 7.62. The van der Waals surface area contributed by atoms with E-state index in [1.54, 1.807) is 14.0 Å². The first-order chi connectivity index (χ1) is 11.6. The quantitative estimate of drug-likeness (QED) is 0.786. The number of rotatable bonds is 7. The third-order valence-electron chi connectivity index (χ3n) is 3.52. The zero-order valence-electron chi connectivity index (χ0n) is 13.8. The molecule has 0 aliphatic rings. The van der Waals surface area contributed by atoms with Gasteiger partial charge in [0.1, 0.15) is 18.1 Å². The Morgan fingerprint density at radius 2 is 1.92 bits per heavy atom. The van der Waals surface area contributed by atoms with E-state index in [9.17, 15) is 4.79 Å². The van der Waals surface area contributed by atoms with Gasteiger partial charge < -0.3 is 14.6 Å². The van der Waals surface area contributed by atoms with E-state index in [0.29, 0.717) is 6.61 Å². The molecule has 0 bridgehead atoms. The molecule has 124 valence electrons. The second-order valence-corrected chi connectivity index (χ2v) is 5.25. The first-order valence-electron chi connectivity index (χ1n) is 7.62. The maximum absolute atomic E-state index is 10.9. The van der Waals surface area contributed by atoms with Crippen LogP contribution in [0.3, 0.4) is 0 Å². The number of carboxylic acids is 1. The third kappa shape index (κ3) is 5.06. The molecule has 2 rings (SSSR count). The van der Waals surface area contributed by atoms with Gasteiger partial charge in [0.15, 0.2) is 0 Å². The molecule has 0 saturated heterocycles. The highest BCUT2D eigenvalue weighted by molar-refractivity contribution is 5.69. The Morgan fingerprint density at radius 3 is 2.54 bits per heavy atom. The topological polar surface area (TPSA) is 55.8 Å². The predicted molar refractivity (Wildman–Crippen MR) is 92.2 cm³/mol. The van der Waals surface area contributed by atoms with Crippen LogP contribution in [0.5, 0.6) is 11.5 Å². The second kappa shape index (κ2) is 8.64. The Kier molecular flexibility index (Phi) is 6.27. The summed E-state index contributed by atoms with van der Waals surface area (Å²) < 4.78 is 10.9. The van der Waals surface area contributed by atoms with Crippen molar-refractivity contribution in [1.82, 2.24) is 0 Å². The monoisotopic (exact) mass is 324 g/mol. The number of ether oxygens (including phenoxy) is 2. The van der Waals surface area contributed by atoms with Gasteiger partial charge >= 0.3 is 5.97 Å². The lowest BCUT2D eigenvalue weighted by molar-refractivity contribution is -0.137. The van der Waals surface area contributed by atoms with Crippen molar-refractivity contribution in [3.63, 3.8) is 0 Å². The maximum atomic E-state index is 10.9. The van der Waals surface area contributed by atoms with E-state index < -0.39 is 5.97 Å². The van der Waals surface area contributed by atoms with E-state index in [-0.39, 0.29) is 12.3 Å². The van der Waals surface area contributed by atoms with Gasteiger partial charge in [0, 0.05) is 0 Å². The molecule has 24 heavy (non-hydrogen) atoms. The summed E-state index contributed by atoms with van der Waals surface area (Å²) >= 11 is 0. The van der Waals surface area contributed by atoms with Gasteiger partial charge in [0.05, 0.1) is 19.4 Å². The highest BCUT2D eigenvalue weighted by atomic mass is 16.5. The van der Waals surface area contributed by atoms with E-state index in [1.165, 1.54) is 0 Å². The summed E-state index contributed by atoms with van der Waals surface area (Å²) in [5.41, 5.74) is 1.89. The fourth-order valence-electron chi connectivity index (χ4n) is 2.33. The van der Waals surface area contributed by atoms with Crippen molar-refractivity contribution in [1.29, 1.82) is 0 Å². The molecule has 0 saturated carbocycles. The van der Waals surface area contributed by atoms with Crippen molar-refractivity contribution in [3.8, 4) is 23.3 Å². The molecule has 0 aliphatic heterocycles. The van der Waals surface area contributed by atoms with Gasteiger partial charge in [-0.2, -0.15) is 0 Å². The number of hydrogen-bond acceptors (Lipinski definition) is 3. The van der Waals surface area contributed by atoms with Crippen molar-refractivity contribution in [2.24, 2.45) is 0 Å². The summed E-state index contributed by atoms with van der Waals surface area (Å²) in [7, 11) is 1.63. The standard InChI is InChI=1S/C20H20O4/c1-3-5-17(13-20(21)22)16-8-10-18(11-9-16)24-14-15-6-4-7-19(12-15)23-2/h4,6-12,17H,13-14H2,1-2H3,(H,21,22)/t17-/m0/s1. The smallest absolute Gasteiger partial charge is 0.304 e. The van der Waals surface area contributed by atoms with Gasteiger partial charge in [0.25, 0.3) is 0 Å². The van der Waals surface area contributed by atoms with Crippen LogP contribution in [-0.4, -0.2) is 18.2 Å². The van der Waals surface area contributed by atoms with Gasteiger partial charge in [-0.15, -0.1) is 5.92 Å². The Hall–Kier alpha value is -2.93. The average molecular weight is 324 g/mol. The lowest BCUT2D eigenvalue weighted by Crippen LogP contribution is -2.04. The molecule has 2 aromatic carbocycles. The Morgan fingerprint density at radius 1 is 1.17 bits per heavy atom. The third-order valence-corrected chi connectivity index (χ3v) is 3.52. The Labute approximate surface area is 142 Å². The van der Waals surface area contributed by atoms with Crippen molar-refractivity contribution < 1.29 is 19.4 Å². The van der Waals surface area contributed by atoms with E-state index in [4.69, 9.17) is 14.6 Å². The van der Waals surface area contributed by atoms with Crippen molar-refractivity contribution in [2.75, 3.05) is 7.11 Å². The average Bonchev–Trinajstić information content (AvgIpc) is 2.60. The minimum absolute atomic E-state index is 0.00907. The number of methoxy groups -OCH3 is 1. The maximum Gasteiger partial charge on any atom is 0.304 e. The van der Waals surface area contributed by atoms with Gasteiger partial charge in [-0.3, -0.25) is 4.79 Å². The highest BCUT2D eigenvalue weighted by Gasteiger charge is 2.13. The second-order valence-electron chi connectivity index (χ2n) is 5.25. The summed E-state index contributed by atoms with van der Waals surface area (Å²) in [5, 5.41) is 8.98. The van der Waals surface area contributed by atoms with Gasteiger partial charge in [-0.25, -0.2) is 0 Å². The summed E-state index contributed by atoms with van der Waals surface area (Å²) in [6.45, 7) is 2.14. The zero-order valence-corrected chi connectivity index (χ0v) is 13.8. The van der Waals surface area contributed by atoms with Crippen LogP contribution in [0.25, 0.3) is 0 Å². The van der Waals surface area contributed by atoms with Crippen LogP contribution in [-0.2, 0) is 11.4 Å². The molecule has 2 aromatic rings. The normalized spacial score (nSPS) is 11.1. The number of aliphatic carboxylic acids is 1. The van der Waals surface area contributed by atoms with Gasteiger partial charge in [0.2, 0.25) is 0 Å². The molecule has 0 amide bonds. The van der Waals surface area contributed by atoms with E-state index in [0.717, 1.165) is 22.6 Å². The van der Waals surface area contributed by atoms with Gasteiger partial charge in [-0.05, 0) is 42.3 Å². The van der Waals surface area contributed by atoms with Crippen LogP contribution >= 0.6 is 0 Å². The molecule has 4 heteroatoms. The van der Waals surface area contributed by atoms with Gasteiger partial charge in [-0.1, -0.05) is 30.2 Å². The SMILES string of the molecule is CC#C[C@@H](CC(=O)O)c1ccc(OCc2cccc(OC)c2)cc1. The van der Waals surface area contributed by atoms with Crippen LogP contribution in [0.2, 0.25) is 0 Å². The summed E-state index contributed by atoms with van der Waals surface area (Å²) in [5.74, 6) is 6.07. The number of benzene rings is 2. The molecular weight excluding hydrogens is 304 g/mol. The Balaban J connectivity index is 2.02. The molecule has 0 aliphatic carbocycles. The number of carbonyl (C=O) groups is 1. The molecule has 1 atom stereocenters. The minimum atomic E-state index is -0.860. The predicted octanol–water partition coefficient (Wildman–Crippen LogP) is 3.86. The van der Waals surface area contributed by atoms with Crippen LogP contribution in [0, 0.1) is 11.8 Å². The minimum Gasteiger partial charge on any atom is -0.497 e. The summed E-state index contributed by atoms with van der Waals surface area (Å²) in [6, 6.07) is 15.1.